The zero-order valence-corrected chi connectivity index (χ0v) is 19.8. The van der Waals surface area contributed by atoms with Gasteiger partial charge in [-0.25, -0.2) is 13.1 Å². The van der Waals surface area contributed by atoms with Crippen molar-refractivity contribution in [2.24, 2.45) is 5.92 Å². The first-order chi connectivity index (χ1) is 15.3. The van der Waals surface area contributed by atoms with E-state index >= 15 is 0 Å². The van der Waals surface area contributed by atoms with E-state index < -0.39 is 11.6 Å². The van der Waals surface area contributed by atoms with Gasteiger partial charge in [0, 0.05) is 25.0 Å². The van der Waals surface area contributed by atoms with Gasteiger partial charge in [0.25, 0.3) is 0 Å². The fourth-order valence-electron chi connectivity index (χ4n) is 3.70. The lowest BCUT2D eigenvalue weighted by atomic mass is 10.0. The minimum absolute atomic E-state index is 0.0340. The van der Waals surface area contributed by atoms with E-state index in [-0.39, 0.29) is 22.8 Å². The lowest BCUT2D eigenvalue weighted by Crippen LogP contribution is -2.44. The maximum Gasteiger partial charge on any atom is 0.223 e. The van der Waals surface area contributed by atoms with E-state index in [0.717, 1.165) is 48.9 Å². The van der Waals surface area contributed by atoms with Gasteiger partial charge in [0.1, 0.15) is 17.4 Å². The Hall–Kier alpha value is -2.12. The average molecular weight is 463 g/mol. The van der Waals surface area contributed by atoms with Gasteiger partial charge in [-0.2, -0.15) is 0 Å². The molecule has 1 heterocycles. The highest BCUT2D eigenvalue weighted by Crippen LogP contribution is 2.30. The summed E-state index contributed by atoms with van der Waals surface area (Å²) >= 11 is 1.12. The van der Waals surface area contributed by atoms with Crippen LogP contribution in [0.5, 0.6) is 5.75 Å². The summed E-state index contributed by atoms with van der Waals surface area (Å²) < 4.78 is 35.5. The minimum atomic E-state index is -0.541. The van der Waals surface area contributed by atoms with E-state index in [4.69, 9.17) is 4.74 Å². The molecule has 0 aliphatic carbocycles. The predicted molar refractivity (Wildman–Crippen MR) is 125 cm³/mol. The second-order valence-corrected chi connectivity index (χ2v) is 9.62. The van der Waals surface area contributed by atoms with E-state index in [9.17, 15) is 13.6 Å². The van der Waals surface area contributed by atoms with Crippen LogP contribution in [0, 0.1) is 31.4 Å². The van der Waals surface area contributed by atoms with Crippen LogP contribution in [0.2, 0.25) is 0 Å². The molecule has 32 heavy (non-hydrogen) atoms. The highest BCUT2D eigenvalue weighted by Gasteiger charge is 2.24. The number of nitrogens with one attached hydrogen (secondary N) is 1. The monoisotopic (exact) mass is 462 g/mol. The van der Waals surface area contributed by atoms with Gasteiger partial charge >= 0.3 is 0 Å². The smallest absolute Gasteiger partial charge is 0.223 e. The molecule has 1 aliphatic rings. The molecule has 1 amide bonds. The maximum absolute atomic E-state index is 13.9. The van der Waals surface area contributed by atoms with Gasteiger partial charge < -0.3 is 10.1 Å². The Labute approximate surface area is 193 Å². The predicted octanol–water partition coefficient (Wildman–Crippen LogP) is 5.66. The molecule has 1 fully saturated rings. The SMILES string of the molecule is Cc1ccc(C)c(OCCCC(C)C(=O)NC2CCN(Sc3c(F)cccc3F)CC2)c1. The molecule has 2 aromatic carbocycles. The Balaban J connectivity index is 1.35. The van der Waals surface area contributed by atoms with Crippen molar-refractivity contribution < 1.29 is 18.3 Å². The average Bonchev–Trinajstić information content (AvgIpc) is 2.77. The van der Waals surface area contributed by atoms with Crippen molar-refractivity contribution in [2.45, 2.75) is 57.4 Å². The number of nitrogens with zero attached hydrogens (tertiary/aromatic N) is 1. The first-order valence-corrected chi connectivity index (χ1v) is 12.0. The number of hydrogen-bond donors (Lipinski definition) is 1. The van der Waals surface area contributed by atoms with Crippen LogP contribution in [-0.2, 0) is 4.79 Å². The standard InChI is InChI=1S/C25H32F2N2O2S/c1-17-9-10-18(2)23(16-17)31-15-5-6-19(3)25(30)28-20-11-13-29(14-12-20)32-24-21(26)7-4-8-22(24)27/h4,7-10,16,19-20H,5-6,11-15H2,1-3H3,(H,28,30). The number of amides is 1. The van der Waals surface area contributed by atoms with Crippen molar-refractivity contribution in [1.82, 2.24) is 9.62 Å². The number of carbonyl (C=O) groups excluding carboxylic acids is 1. The van der Waals surface area contributed by atoms with Crippen LogP contribution in [0.1, 0.15) is 43.7 Å². The number of ether oxygens (including phenoxy) is 1. The summed E-state index contributed by atoms with van der Waals surface area (Å²) in [6.45, 7) is 7.94. The van der Waals surface area contributed by atoms with Gasteiger partial charge in [-0.05, 0) is 80.8 Å². The van der Waals surface area contributed by atoms with Crippen molar-refractivity contribution in [3.05, 3.63) is 59.2 Å². The summed E-state index contributed by atoms with van der Waals surface area (Å²) in [6.07, 6.45) is 3.10. The Morgan fingerprint density at radius 2 is 1.88 bits per heavy atom. The fraction of sp³-hybridized carbons (Fsp3) is 0.480. The van der Waals surface area contributed by atoms with Gasteiger partial charge in [-0.1, -0.05) is 25.1 Å². The summed E-state index contributed by atoms with van der Waals surface area (Å²) in [5, 5.41) is 3.14. The van der Waals surface area contributed by atoms with Gasteiger partial charge in [0.2, 0.25) is 5.91 Å². The Bertz CT molecular complexity index is 897. The molecule has 0 saturated carbocycles. The molecular weight excluding hydrogens is 430 g/mol. The highest BCUT2D eigenvalue weighted by molar-refractivity contribution is 7.97. The molecule has 1 unspecified atom stereocenters. The van der Waals surface area contributed by atoms with E-state index in [2.05, 4.69) is 17.4 Å². The van der Waals surface area contributed by atoms with Crippen LogP contribution >= 0.6 is 11.9 Å². The zero-order valence-electron chi connectivity index (χ0n) is 19.0. The summed E-state index contributed by atoms with van der Waals surface area (Å²) in [4.78, 5) is 12.6. The molecule has 0 bridgehead atoms. The molecule has 0 aromatic heterocycles. The summed E-state index contributed by atoms with van der Waals surface area (Å²) in [7, 11) is 0. The lowest BCUT2D eigenvalue weighted by molar-refractivity contribution is -0.125. The fourth-order valence-corrected chi connectivity index (χ4v) is 4.66. The topological polar surface area (TPSA) is 41.6 Å². The van der Waals surface area contributed by atoms with E-state index in [1.807, 2.05) is 31.1 Å². The minimum Gasteiger partial charge on any atom is -0.493 e. The van der Waals surface area contributed by atoms with E-state index in [1.54, 1.807) is 0 Å². The molecule has 0 radical (unpaired) electrons. The second-order valence-electron chi connectivity index (χ2n) is 8.51. The van der Waals surface area contributed by atoms with Gasteiger partial charge in [0.05, 0.1) is 11.5 Å². The molecule has 1 saturated heterocycles. The summed E-state index contributed by atoms with van der Waals surface area (Å²) in [5.41, 5.74) is 2.28. The molecule has 3 rings (SSSR count). The Morgan fingerprint density at radius 1 is 1.19 bits per heavy atom. The van der Waals surface area contributed by atoms with Crippen molar-refractivity contribution in [2.75, 3.05) is 19.7 Å². The molecule has 4 nitrogen and oxygen atoms in total. The quantitative estimate of drug-likeness (QED) is 0.385. The second kappa shape index (κ2) is 11.7. The molecule has 174 valence electrons. The van der Waals surface area contributed by atoms with Crippen LogP contribution < -0.4 is 10.1 Å². The van der Waals surface area contributed by atoms with Crippen LogP contribution in [0.25, 0.3) is 0 Å². The third kappa shape index (κ3) is 6.94. The molecule has 7 heteroatoms. The van der Waals surface area contributed by atoms with Crippen LogP contribution in [0.3, 0.4) is 0 Å². The number of aryl methyl sites for hydroxylation is 2. The molecule has 2 aromatic rings. The highest BCUT2D eigenvalue weighted by atomic mass is 32.2. The van der Waals surface area contributed by atoms with Crippen molar-refractivity contribution in [1.29, 1.82) is 0 Å². The zero-order chi connectivity index (χ0) is 23.1. The Kier molecular flexibility index (Phi) is 8.93. The van der Waals surface area contributed by atoms with Crippen LogP contribution in [-0.4, -0.2) is 36.0 Å². The largest absolute Gasteiger partial charge is 0.493 e. The van der Waals surface area contributed by atoms with Gasteiger partial charge in [-0.3, -0.25) is 4.79 Å². The Morgan fingerprint density at radius 3 is 2.56 bits per heavy atom. The maximum atomic E-state index is 13.9. The summed E-state index contributed by atoms with van der Waals surface area (Å²) in [5.74, 6) is -0.205. The normalized spacial score (nSPS) is 16.0. The van der Waals surface area contributed by atoms with Gasteiger partial charge in [0.15, 0.2) is 0 Å². The molecular formula is C25H32F2N2O2S. The first kappa shape index (κ1) is 24.5. The summed E-state index contributed by atoms with van der Waals surface area (Å²) in [6, 6.07) is 10.2. The van der Waals surface area contributed by atoms with Crippen molar-refractivity contribution >= 4 is 17.9 Å². The number of carbonyl (C=O) groups is 1. The van der Waals surface area contributed by atoms with Crippen molar-refractivity contribution in [3.8, 4) is 5.75 Å². The molecule has 1 N–H and O–H groups in total. The first-order valence-electron chi connectivity index (χ1n) is 11.2. The van der Waals surface area contributed by atoms with E-state index in [0.29, 0.717) is 19.7 Å². The number of hydrogen-bond acceptors (Lipinski definition) is 4. The molecule has 1 aliphatic heterocycles. The third-order valence-corrected chi connectivity index (χ3v) is 6.97. The number of benzene rings is 2. The van der Waals surface area contributed by atoms with E-state index in [1.165, 1.54) is 23.8 Å². The van der Waals surface area contributed by atoms with Gasteiger partial charge in [-0.15, -0.1) is 0 Å². The number of halogens is 2. The number of piperidine rings is 1. The van der Waals surface area contributed by atoms with Crippen molar-refractivity contribution in [3.63, 3.8) is 0 Å². The lowest BCUT2D eigenvalue weighted by Gasteiger charge is -2.32. The van der Waals surface area contributed by atoms with Crippen LogP contribution in [0.4, 0.5) is 8.78 Å². The molecule has 0 spiro atoms. The third-order valence-electron chi connectivity index (χ3n) is 5.77. The molecule has 1 atom stereocenters. The number of rotatable bonds is 9. The van der Waals surface area contributed by atoms with Crippen LogP contribution in [0.15, 0.2) is 41.3 Å².